The highest BCUT2D eigenvalue weighted by Crippen LogP contribution is 2.34. The minimum atomic E-state index is -0.156. The van der Waals surface area contributed by atoms with Gasteiger partial charge in [0.05, 0.1) is 16.9 Å². The number of hydrogen-bond donors (Lipinski definition) is 3. The lowest BCUT2D eigenvalue weighted by Crippen LogP contribution is -2.25. The smallest absolute Gasteiger partial charge is 0.259 e. The summed E-state index contributed by atoms with van der Waals surface area (Å²) in [7, 11) is 0. The number of anilines is 1. The second-order valence-corrected chi connectivity index (χ2v) is 10.4. The van der Waals surface area contributed by atoms with E-state index in [-0.39, 0.29) is 29.2 Å². The number of amides is 2. The molecule has 2 aliphatic rings. The Morgan fingerprint density at radius 2 is 2.12 bits per heavy atom. The van der Waals surface area contributed by atoms with Gasteiger partial charge >= 0.3 is 0 Å². The molecule has 3 aromatic rings. The van der Waals surface area contributed by atoms with E-state index >= 15 is 0 Å². The van der Waals surface area contributed by atoms with Gasteiger partial charge in [0.1, 0.15) is 10.7 Å². The van der Waals surface area contributed by atoms with Crippen LogP contribution in [0, 0.1) is 6.92 Å². The minimum absolute atomic E-state index is 0.0774. The fraction of sp³-hybridized carbons (Fsp3) is 0.391. The molecule has 0 aliphatic heterocycles. The van der Waals surface area contributed by atoms with Gasteiger partial charge in [-0.25, -0.2) is 4.98 Å². The predicted octanol–water partition coefficient (Wildman–Crippen LogP) is 3.55. The van der Waals surface area contributed by atoms with Gasteiger partial charge in [-0.3, -0.25) is 14.4 Å². The number of nitrogens with zero attached hydrogens (tertiary/aromatic N) is 1. The van der Waals surface area contributed by atoms with Gasteiger partial charge in [-0.2, -0.15) is 0 Å². The van der Waals surface area contributed by atoms with Crippen molar-refractivity contribution >= 4 is 50.8 Å². The maximum absolute atomic E-state index is 12.5. The van der Waals surface area contributed by atoms with E-state index in [4.69, 9.17) is 0 Å². The molecule has 0 radical (unpaired) electrons. The molecule has 1 saturated carbocycles. The summed E-state index contributed by atoms with van der Waals surface area (Å²) in [6.07, 6.45) is 5.15. The van der Waals surface area contributed by atoms with Crippen molar-refractivity contribution in [2.45, 2.75) is 50.8 Å². The molecule has 2 heterocycles. The summed E-state index contributed by atoms with van der Waals surface area (Å²) >= 11 is 3.01. The number of carbonyl (C=O) groups is 2. The van der Waals surface area contributed by atoms with Crippen LogP contribution in [0.1, 0.15) is 51.4 Å². The van der Waals surface area contributed by atoms with Crippen LogP contribution in [-0.2, 0) is 23.4 Å². The molecule has 7 nitrogen and oxygen atoms in total. The number of fused-ring (bicyclic) bond motifs is 3. The number of rotatable bonds is 7. The number of aromatic nitrogens is 2. The normalized spacial score (nSPS) is 15.0. The molecule has 166 valence electrons. The first kappa shape index (κ1) is 21.2. The lowest BCUT2D eigenvalue weighted by molar-refractivity contribution is -0.113. The standard InChI is InChI=1S/C23H24N4O3S2/c1-12-5-6-13(21(29)24-14-7-8-14)9-16(12)25-19(28)11-31-10-18-26-22(30)20-15-3-2-4-17(15)32-23(20)27-18/h5-6,9,14H,2-4,7-8,10-11H2,1H3,(H,24,29)(H,25,28)(H,26,27,30). The van der Waals surface area contributed by atoms with Crippen molar-refractivity contribution in [2.24, 2.45) is 0 Å². The van der Waals surface area contributed by atoms with Gasteiger partial charge in [-0.15, -0.1) is 23.1 Å². The molecule has 9 heteroatoms. The van der Waals surface area contributed by atoms with Crippen molar-refractivity contribution in [1.29, 1.82) is 0 Å². The van der Waals surface area contributed by atoms with Crippen LogP contribution >= 0.6 is 23.1 Å². The van der Waals surface area contributed by atoms with Crippen molar-refractivity contribution < 1.29 is 9.59 Å². The van der Waals surface area contributed by atoms with E-state index in [9.17, 15) is 14.4 Å². The molecule has 0 atom stereocenters. The predicted molar refractivity (Wildman–Crippen MR) is 129 cm³/mol. The van der Waals surface area contributed by atoms with Gasteiger partial charge in [-0.1, -0.05) is 6.07 Å². The van der Waals surface area contributed by atoms with E-state index in [0.29, 0.717) is 22.8 Å². The van der Waals surface area contributed by atoms with Crippen LogP contribution in [0.25, 0.3) is 10.2 Å². The zero-order valence-electron chi connectivity index (χ0n) is 17.7. The number of nitrogens with one attached hydrogen (secondary N) is 3. The first-order valence-electron chi connectivity index (χ1n) is 10.8. The van der Waals surface area contributed by atoms with Crippen LogP contribution < -0.4 is 16.2 Å². The minimum Gasteiger partial charge on any atom is -0.349 e. The maximum atomic E-state index is 12.5. The summed E-state index contributed by atoms with van der Waals surface area (Å²) in [6.45, 7) is 1.90. The molecule has 0 bridgehead atoms. The zero-order chi connectivity index (χ0) is 22.2. The van der Waals surface area contributed by atoms with E-state index in [2.05, 4.69) is 20.6 Å². The number of H-pyrrole nitrogens is 1. The van der Waals surface area contributed by atoms with Crippen molar-refractivity contribution in [2.75, 3.05) is 11.1 Å². The topological polar surface area (TPSA) is 104 Å². The van der Waals surface area contributed by atoms with Gasteiger partial charge < -0.3 is 15.6 Å². The Labute approximate surface area is 193 Å². The lowest BCUT2D eigenvalue weighted by atomic mass is 10.1. The third-order valence-electron chi connectivity index (χ3n) is 5.78. The molecule has 0 spiro atoms. The Hall–Kier alpha value is -2.65. The monoisotopic (exact) mass is 468 g/mol. The van der Waals surface area contributed by atoms with Crippen LogP contribution in [0.2, 0.25) is 0 Å². The number of hydrogen-bond acceptors (Lipinski definition) is 6. The van der Waals surface area contributed by atoms with Crippen molar-refractivity contribution in [3.05, 3.63) is 55.9 Å². The molecule has 2 aliphatic carbocycles. The van der Waals surface area contributed by atoms with Crippen LogP contribution in [-0.4, -0.2) is 33.6 Å². The van der Waals surface area contributed by atoms with E-state index < -0.39 is 0 Å². The van der Waals surface area contributed by atoms with Crippen molar-refractivity contribution in [1.82, 2.24) is 15.3 Å². The Morgan fingerprint density at radius 3 is 2.94 bits per heavy atom. The summed E-state index contributed by atoms with van der Waals surface area (Å²) in [6, 6.07) is 5.62. The van der Waals surface area contributed by atoms with Gasteiger partial charge in [0.25, 0.3) is 11.5 Å². The third kappa shape index (κ3) is 4.45. The van der Waals surface area contributed by atoms with Gasteiger partial charge in [0, 0.05) is 22.2 Å². The summed E-state index contributed by atoms with van der Waals surface area (Å²) < 4.78 is 0. The highest BCUT2D eigenvalue weighted by atomic mass is 32.2. The molecule has 2 aromatic heterocycles. The second-order valence-electron chi connectivity index (χ2n) is 8.37. The largest absolute Gasteiger partial charge is 0.349 e. The average Bonchev–Trinajstić information content (AvgIpc) is 3.32. The second kappa shape index (κ2) is 8.71. The first-order valence-corrected chi connectivity index (χ1v) is 12.8. The number of carbonyl (C=O) groups excluding carboxylic acids is 2. The average molecular weight is 469 g/mol. The summed E-state index contributed by atoms with van der Waals surface area (Å²) in [5.74, 6) is 0.999. The molecule has 2 amide bonds. The molecule has 1 aromatic carbocycles. The summed E-state index contributed by atoms with van der Waals surface area (Å²) in [5.41, 5.74) is 3.17. The Morgan fingerprint density at radius 1 is 1.28 bits per heavy atom. The molecule has 0 saturated heterocycles. The summed E-state index contributed by atoms with van der Waals surface area (Å²) in [4.78, 5) is 46.9. The highest BCUT2D eigenvalue weighted by Gasteiger charge is 2.24. The molecule has 5 rings (SSSR count). The number of thiophene rings is 1. The van der Waals surface area contributed by atoms with E-state index in [1.165, 1.54) is 22.2 Å². The van der Waals surface area contributed by atoms with Crippen LogP contribution in [0.4, 0.5) is 5.69 Å². The fourth-order valence-corrected chi connectivity index (χ4v) is 5.91. The van der Waals surface area contributed by atoms with Gasteiger partial charge in [0.2, 0.25) is 5.91 Å². The number of thioether (sulfide) groups is 1. The van der Waals surface area contributed by atoms with Crippen molar-refractivity contribution in [3.8, 4) is 0 Å². The number of aromatic amines is 1. The lowest BCUT2D eigenvalue weighted by Gasteiger charge is -2.11. The van der Waals surface area contributed by atoms with Gasteiger partial charge in [0.15, 0.2) is 0 Å². The summed E-state index contributed by atoms with van der Waals surface area (Å²) in [5, 5.41) is 6.60. The molecule has 0 unspecified atom stereocenters. The van der Waals surface area contributed by atoms with Gasteiger partial charge in [-0.05, 0) is 62.3 Å². The molecule has 1 fully saturated rings. The van der Waals surface area contributed by atoms with Crippen molar-refractivity contribution in [3.63, 3.8) is 0 Å². The van der Waals surface area contributed by atoms with E-state index in [0.717, 1.165) is 47.9 Å². The Kier molecular flexibility index (Phi) is 5.77. The third-order valence-corrected chi connectivity index (χ3v) is 7.91. The molecular weight excluding hydrogens is 444 g/mol. The number of aryl methyl sites for hydroxylation is 3. The quantitative estimate of drug-likeness (QED) is 0.492. The first-order chi connectivity index (χ1) is 15.5. The van der Waals surface area contributed by atoms with Crippen LogP contribution in [0.5, 0.6) is 0 Å². The highest BCUT2D eigenvalue weighted by molar-refractivity contribution is 7.99. The number of benzene rings is 1. The van der Waals surface area contributed by atoms with Crippen LogP contribution in [0.15, 0.2) is 23.0 Å². The molecule has 32 heavy (non-hydrogen) atoms. The zero-order valence-corrected chi connectivity index (χ0v) is 19.4. The maximum Gasteiger partial charge on any atom is 0.259 e. The Balaban J connectivity index is 1.19. The molecular formula is C23H24N4O3S2. The van der Waals surface area contributed by atoms with Crippen LogP contribution in [0.3, 0.4) is 0 Å². The SMILES string of the molecule is Cc1ccc(C(=O)NC2CC2)cc1NC(=O)CSCc1nc2sc3c(c2c(=O)[nH]1)CCC3. The van der Waals surface area contributed by atoms with E-state index in [1.54, 1.807) is 23.5 Å². The van der Waals surface area contributed by atoms with E-state index in [1.807, 2.05) is 13.0 Å². The fourth-order valence-electron chi connectivity index (χ4n) is 3.94. The Bertz CT molecular complexity index is 1280. The molecule has 3 N–H and O–H groups in total.